The summed E-state index contributed by atoms with van der Waals surface area (Å²) in [6.07, 6.45) is -0.867. The molecule has 1 atom stereocenters. The van der Waals surface area contributed by atoms with E-state index in [1.54, 1.807) is 32.9 Å². The molecular formula is C25H32FN3O4. The van der Waals surface area contributed by atoms with Gasteiger partial charge in [-0.1, -0.05) is 42.5 Å². The van der Waals surface area contributed by atoms with Gasteiger partial charge in [0.25, 0.3) is 0 Å². The van der Waals surface area contributed by atoms with Gasteiger partial charge in [-0.3, -0.25) is 4.90 Å². The Kier molecular flexibility index (Phi) is 7.92. The molecule has 3 rings (SSSR count). The summed E-state index contributed by atoms with van der Waals surface area (Å²) in [4.78, 5) is 28.2. The van der Waals surface area contributed by atoms with Gasteiger partial charge in [0.05, 0.1) is 5.69 Å². The van der Waals surface area contributed by atoms with Crippen molar-refractivity contribution >= 4 is 17.7 Å². The second-order valence-corrected chi connectivity index (χ2v) is 9.24. The first-order valence-corrected chi connectivity index (χ1v) is 11.1. The number of para-hydroxylation sites is 1. The molecule has 1 saturated heterocycles. The number of ether oxygens (including phenoxy) is 1. The van der Waals surface area contributed by atoms with Crippen molar-refractivity contribution < 1.29 is 23.8 Å². The van der Waals surface area contributed by atoms with E-state index in [2.05, 4.69) is 22.3 Å². The number of carboxylic acids is 1. The standard InChI is InChI=1S/C25H32FN3O4/c1-25(2,3)33-24(32)27-21(23(30)31)16-19-10-7-11-20(26)22(19)29-14-12-28(13-15-29)17-18-8-5-4-6-9-18/h4-11,21H,12-17H2,1-3H3,(H,27,32)(H,30,31). The lowest BCUT2D eigenvalue weighted by atomic mass is 10.0. The van der Waals surface area contributed by atoms with Crippen molar-refractivity contribution in [1.29, 1.82) is 0 Å². The van der Waals surface area contributed by atoms with Gasteiger partial charge in [-0.05, 0) is 38.0 Å². The van der Waals surface area contributed by atoms with Crippen LogP contribution in [-0.2, 0) is 22.5 Å². The molecule has 2 aromatic rings. The van der Waals surface area contributed by atoms with Gasteiger partial charge in [-0.25, -0.2) is 14.0 Å². The van der Waals surface area contributed by atoms with Gasteiger partial charge in [0, 0.05) is 39.1 Å². The van der Waals surface area contributed by atoms with Crippen LogP contribution < -0.4 is 10.2 Å². The van der Waals surface area contributed by atoms with E-state index in [0.29, 0.717) is 24.3 Å². The maximum atomic E-state index is 14.9. The third kappa shape index (κ3) is 7.18. The van der Waals surface area contributed by atoms with Crippen molar-refractivity contribution in [3.05, 3.63) is 65.5 Å². The number of hydrogen-bond acceptors (Lipinski definition) is 5. The average molecular weight is 458 g/mol. The fourth-order valence-electron chi connectivity index (χ4n) is 3.92. The van der Waals surface area contributed by atoms with Crippen molar-refractivity contribution in [2.75, 3.05) is 31.1 Å². The summed E-state index contributed by atoms with van der Waals surface area (Å²) in [6, 6.07) is 13.6. The Balaban J connectivity index is 1.69. The Morgan fingerprint density at radius 1 is 1.06 bits per heavy atom. The highest BCUT2D eigenvalue weighted by Crippen LogP contribution is 2.27. The lowest BCUT2D eigenvalue weighted by Crippen LogP contribution is -2.47. The van der Waals surface area contributed by atoms with E-state index in [-0.39, 0.29) is 6.42 Å². The van der Waals surface area contributed by atoms with Crippen LogP contribution in [0.4, 0.5) is 14.9 Å². The Morgan fingerprint density at radius 3 is 2.33 bits per heavy atom. The third-order valence-electron chi connectivity index (χ3n) is 5.42. The molecule has 0 saturated carbocycles. The van der Waals surface area contributed by atoms with Gasteiger partial charge in [-0.15, -0.1) is 0 Å². The molecule has 2 N–H and O–H groups in total. The van der Waals surface area contributed by atoms with Gasteiger partial charge in [0.15, 0.2) is 0 Å². The van der Waals surface area contributed by atoms with Crippen LogP contribution in [0.25, 0.3) is 0 Å². The summed E-state index contributed by atoms with van der Waals surface area (Å²) in [5, 5.41) is 12.0. The molecule has 1 heterocycles. The SMILES string of the molecule is CC(C)(C)OC(=O)NC(Cc1cccc(F)c1N1CCN(Cc2ccccc2)CC1)C(=O)O. The summed E-state index contributed by atoms with van der Waals surface area (Å²) in [6.45, 7) is 8.71. The zero-order valence-corrected chi connectivity index (χ0v) is 19.4. The second kappa shape index (κ2) is 10.7. The molecule has 0 bridgehead atoms. The molecule has 0 aromatic heterocycles. The van der Waals surface area contributed by atoms with E-state index in [1.165, 1.54) is 11.6 Å². The topological polar surface area (TPSA) is 82.1 Å². The van der Waals surface area contributed by atoms with Gasteiger partial charge >= 0.3 is 12.1 Å². The number of carboxylic acid groups (broad SMARTS) is 1. The van der Waals surface area contributed by atoms with Crippen molar-refractivity contribution in [3.63, 3.8) is 0 Å². The number of amides is 1. The minimum Gasteiger partial charge on any atom is -0.480 e. The number of alkyl carbamates (subject to hydrolysis) is 1. The molecule has 1 amide bonds. The van der Waals surface area contributed by atoms with Crippen LogP contribution in [-0.4, -0.2) is 59.9 Å². The van der Waals surface area contributed by atoms with E-state index in [4.69, 9.17) is 4.74 Å². The number of rotatable bonds is 7. The van der Waals surface area contributed by atoms with Crippen LogP contribution in [0.3, 0.4) is 0 Å². The number of nitrogens with zero attached hydrogens (tertiary/aromatic N) is 2. The average Bonchev–Trinajstić information content (AvgIpc) is 2.73. The van der Waals surface area contributed by atoms with Crippen LogP contribution in [0.2, 0.25) is 0 Å². The van der Waals surface area contributed by atoms with Crippen molar-refractivity contribution in [1.82, 2.24) is 10.2 Å². The highest BCUT2D eigenvalue weighted by Gasteiger charge is 2.28. The summed E-state index contributed by atoms with van der Waals surface area (Å²) in [5.41, 5.74) is 1.41. The minimum absolute atomic E-state index is 0.0497. The minimum atomic E-state index is -1.24. The molecule has 2 aromatic carbocycles. The van der Waals surface area contributed by atoms with Crippen molar-refractivity contribution in [3.8, 4) is 0 Å². The number of nitrogens with one attached hydrogen (secondary N) is 1. The van der Waals surface area contributed by atoms with Crippen LogP contribution in [0.15, 0.2) is 48.5 Å². The van der Waals surface area contributed by atoms with E-state index < -0.39 is 29.5 Å². The molecule has 0 radical (unpaired) electrons. The maximum absolute atomic E-state index is 14.9. The third-order valence-corrected chi connectivity index (χ3v) is 5.42. The van der Waals surface area contributed by atoms with Gasteiger partial charge in [-0.2, -0.15) is 0 Å². The number of carbonyl (C=O) groups is 2. The Morgan fingerprint density at radius 2 is 1.73 bits per heavy atom. The number of halogens is 1. The van der Waals surface area contributed by atoms with E-state index >= 15 is 0 Å². The molecule has 0 spiro atoms. The Bertz CT molecular complexity index is 954. The first-order chi connectivity index (χ1) is 15.6. The molecule has 1 aliphatic rings. The van der Waals surface area contributed by atoms with Crippen molar-refractivity contribution in [2.24, 2.45) is 0 Å². The van der Waals surface area contributed by atoms with Gasteiger partial charge in [0.1, 0.15) is 17.5 Å². The molecule has 33 heavy (non-hydrogen) atoms. The molecule has 1 aliphatic heterocycles. The van der Waals surface area contributed by atoms with E-state index in [9.17, 15) is 19.1 Å². The molecule has 1 fully saturated rings. The second-order valence-electron chi connectivity index (χ2n) is 9.24. The quantitative estimate of drug-likeness (QED) is 0.660. The number of hydrogen-bond donors (Lipinski definition) is 2. The lowest BCUT2D eigenvalue weighted by molar-refractivity contribution is -0.139. The maximum Gasteiger partial charge on any atom is 0.408 e. The fourth-order valence-corrected chi connectivity index (χ4v) is 3.92. The Labute approximate surface area is 194 Å². The number of carbonyl (C=O) groups excluding carboxylic acids is 1. The smallest absolute Gasteiger partial charge is 0.408 e. The monoisotopic (exact) mass is 457 g/mol. The highest BCUT2D eigenvalue weighted by atomic mass is 19.1. The molecule has 8 heteroatoms. The van der Waals surface area contributed by atoms with Crippen LogP contribution in [0, 0.1) is 5.82 Å². The van der Waals surface area contributed by atoms with Crippen LogP contribution in [0.1, 0.15) is 31.9 Å². The normalized spacial score (nSPS) is 15.7. The van der Waals surface area contributed by atoms with Crippen molar-refractivity contribution in [2.45, 2.75) is 45.4 Å². The van der Waals surface area contributed by atoms with Crippen LogP contribution in [0.5, 0.6) is 0 Å². The van der Waals surface area contributed by atoms with Gasteiger partial charge in [0.2, 0.25) is 0 Å². The lowest BCUT2D eigenvalue weighted by Gasteiger charge is -2.37. The zero-order valence-electron chi connectivity index (χ0n) is 19.4. The summed E-state index contributed by atoms with van der Waals surface area (Å²) >= 11 is 0. The number of piperazine rings is 1. The first-order valence-electron chi connectivity index (χ1n) is 11.1. The summed E-state index contributed by atoms with van der Waals surface area (Å²) in [5.74, 6) is -1.60. The molecule has 7 nitrogen and oxygen atoms in total. The fraction of sp³-hybridized carbons (Fsp3) is 0.440. The number of anilines is 1. The van der Waals surface area contributed by atoms with E-state index in [0.717, 1.165) is 19.6 Å². The molecule has 1 unspecified atom stereocenters. The van der Waals surface area contributed by atoms with Gasteiger partial charge < -0.3 is 20.1 Å². The number of aliphatic carboxylic acids is 1. The predicted molar refractivity (Wildman–Crippen MR) is 125 cm³/mol. The summed E-state index contributed by atoms with van der Waals surface area (Å²) in [7, 11) is 0. The predicted octanol–water partition coefficient (Wildman–Crippen LogP) is 3.67. The molecular weight excluding hydrogens is 425 g/mol. The highest BCUT2D eigenvalue weighted by molar-refractivity contribution is 5.80. The Hall–Kier alpha value is -3.13. The molecule has 0 aliphatic carbocycles. The zero-order chi connectivity index (χ0) is 24.0. The molecule has 178 valence electrons. The van der Waals surface area contributed by atoms with E-state index in [1.807, 2.05) is 23.1 Å². The summed E-state index contributed by atoms with van der Waals surface area (Å²) < 4.78 is 20.1. The largest absolute Gasteiger partial charge is 0.480 e. The number of benzene rings is 2. The first kappa shape index (κ1) is 24.5. The van der Waals surface area contributed by atoms with Crippen LogP contribution >= 0.6 is 0 Å².